The summed E-state index contributed by atoms with van der Waals surface area (Å²) in [6.45, 7) is 16.3. The first-order valence-corrected chi connectivity index (χ1v) is 17.9. The third-order valence-corrected chi connectivity index (χ3v) is 10.8. The Labute approximate surface area is 321 Å². The molecule has 280 valence electrons. The number of piperidine rings is 2. The number of carbonyl (C=O) groups excluding carboxylic acids is 3. The van der Waals surface area contributed by atoms with Gasteiger partial charge >= 0.3 is 6.15 Å². The maximum atomic E-state index is 13.2. The Morgan fingerprint density at radius 2 is 1.36 bits per heavy atom. The number of benzene rings is 4. The average Bonchev–Trinajstić information content (AvgIpc) is 4.02. The third kappa shape index (κ3) is 8.40. The average molecular weight is 735 g/mol. The van der Waals surface area contributed by atoms with Gasteiger partial charge in [0, 0.05) is 30.1 Å². The van der Waals surface area contributed by atoms with E-state index < -0.39 is 0 Å². The highest BCUT2D eigenvalue weighted by molar-refractivity contribution is 5.97. The Hall–Kier alpha value is -6.39. The summed E-state index contributed by atoms with van der Waals surface area (Å²) in [5.74, 6) is 1.10. The third-order valence-electron chi connectivity index (χ3n) is 10.8. The minimum Gasteiger partial charge on any atom is -0.345 e. The van der Waals surface area contributed by atoms with Crippen LogP contribution in [0.3, 0.4) is 0 Å². The van der Waals surface area contributed by atoms with Gasteiger partial charge in [-0.05, 0) is 92.4 Å². The first kappa shape index (κ1) is 39.8. The SMILES string of the molecule is C.C.O=C=O.[C-]#[N+]c1ccc2c(c1)[C@H]1CCCN(C(=O)c3ccc4nc[nH]c4c3)[C@H]1C2.[C-]#[N+]c1ccc2c(c1)[C@H]1CCCN[C@H]1C2.c1ccc2[nH]cnc2c1. The van der Waals surface area contributed by atoms with Gasteiger partial charge in [0.05, 0.1) is 47.9 Å². The molecule has 0 unspecified atom stereocenters. The number of H-pyrrole nitrogens is 2. The molecule has 2 fully saturated rings. The van der Waals surface area contributed by atoms with Gasteiger partial charge in [-0.25, -0.2) is 19.7 Å². The number of nitrogens with one attached hydrogen (secondary N) is 3. The van der Waals surface area contributed by atoms with Crippen molar-refractivity contribution < 1.29 is 14.4 Å². The molecule has 0 bridgehead atoms. The number of carbonyl (C=O) groups is 1. The number of aromatic nitrogens is 4. The van der Waals surface area contributed by atoms with Crippen molar-refractivity contribution in [1.82, 2.24) is 30.2 Å². The Morgan fingerprint density at radius 3 is 2.05 bits per heavy atom. The van der Waals surface area contributed by atoms with Crippen LogP contribution in [0.25, 0.3) is 31.8 Å². The number of nitrogens with zero attached hydrogens (tertiary/aromatic N) is 5. The van der Waals surface area contributed by atoms with E-state index in [2.05, 4.69) is 53.1 Å². The smallest absolute Gasteiger partial charge is 0.345 e. The van der Waals surface area contributed by atoms with Gasteiger partial charge < -0.3 is 20.2 Å². The lowest BCUT2D eigenvalue weighted by Gasteiger charge is -2.38. The van der Waals surface area contributed by atoms with E-state index in [0.717, 1.165) is 66.5 Å². The van der Waals surface area contributed by atoms with Crippen LogP contribution in [0.2, 0.25) is 0 Å². The van der Waals surface area contributed by atoms with Crippen molar-refractivity contribution in [3.8, 4) is 0 Å². The van der Waals surface area contributed by atoms with Gasteiger partial charge in [-0.15, -0.1) is 0 Å². The second-order valence-corrected chi connectivity index (χ2v) is 13.7. The van der Waals surface area contributed by atoms with Crippen molar-refractivity contribution in [3.63, 3.8) is 0 Å². The quantitative estimate of drug-likeness (QED) is 0.145. The number of aromatic amines is 2. The molecule has 55 heavy (non-hydrogen) atoms. The van der Waals surface area contributed by atoms with E-state index in [4.69, 9.17) is 22.7 Å². The molecule has 2 aliphatic heterocycles. The first-order valence-electron chi connectivity index (χ1n) is 17.9. The van der Waals surface area contributed by atoms with E-state index in [-0.39, 0.29) is 33.0 Å². The number of rotatable bonds is 1. The standard InChI is InChI=1S/C21H18N4O.C13H14N2.C7H6N2.CO2.2CH4/c1-22-15-6-4-13-10-20-16(17(13)11-15)3-2-8-25(20)21(26)14-5-7-18-19(9-14)24-12-23-18;1-14-10-5-4-9-7-13-11(12(9)8-10)3-2-6-15-13;1-2-4-7-6(3-1)8-5-9-7;2-1-3;;/h4-7,9,11-12,16,20H,2-3,8,10H2,(H,23,24);4-5,8,11,13,15H,2-3,6-7H2;1-5H,(H,8,9);;2*1H4/t16-,20+;11-,13+;;;;/m11..../s1. The zero-order valence-corrected chi connectivity index (χ0v) is 29.1. The number of hydrogen-bond donors (Lipinski definition) is 3. The molecule has 4 heterocycles. The van der Waals surface area contributed by atoms with Gasteiger partial charge in [-0.1, -0.05) is 74.5 Å². The fourth-order valence-corrected chi connectivity index (χ4v) is 8.41. The molecule has 1 amide bonds. The molecule has 4 aliphatic rings. The molecule has 10 rings (SSSR count). The molecular weight excluding hydrogens is 689 g/mol. The summed E-state index contributed by atoms with van der Waals surface area (Å²) in [6.07, 6.45) is 10.3. The zero-order chi connectivity index (χ0) is 36.7. The molecule has 3 N–H and O–H groups in total. The van der Waals surface area contributed by atoms with Crippen molar-refractivity contribution in [2.75, 3.05) is 13.1 Å². The molecule has 2 aliphatic carbocycles. The van der Waals surface area contributed by atoms with Crippen LogP contribution in [0.4, 0.5) is 11.4 Å². The lowest BCUT2D eigenvalue weighted by molar-refractivity contribution is -0.191. The maximum absolute atomic E-state index is 13.2. The lowest BCUT2D eigenvalue weighted by Crippen LogP contribution is -2.46. The van der Waals surface area contributed by atoms with Gasteiger partial charge in [0.25, 0.3) is 5.91 Å². The molecule has 2 saturated heterocycles. The predicted molar refractivity (Wildman–Crippen MR) is 214 cm³/mol. The van der Waals surface area contributed by atoms with Crippen LogP contribution in [0.1, 0.15) is 85.0 Å². The van der Waals surface area contributed by atoms with Crippen molar-refractivity contribution in [1.29, 1.82) is 0 Å². The Bertz CT molecular complexity index is 2350. The first-order chi connectivity index (χ1) is 26.0. The Morgan fingerprint density at radius 1 is 0.745 bits per heavy atom. The maximum Gasteiger partial charge on any atom is 0.373 e. The number of imidazole rings is 2. The van der Waals surface area contributed by atoms with E-state index >= 15 is 0 Å². The number of amides is 1. The lowest BCUT2D eigenvalue weighted by atomic mass is 9.88. The number of hydrogen-bond acceptors (Lipinski definition) is 6. The highest BCUT2D eigenvalue weighted by atomic mass is 16.2. The molecule has 11 nitrogen and oxygen atoms in total. The van der Waals surface area contributed by atoms with Gasteiger partial charge in [-0.2, -0.15) is 9.59 Å². The van der Waals surface area contributed by atoms with Gasteiger partial charge in [0.15, 0.2) is 11.4 Å². The normalized spacial score (nSPS) is 19.5. The molecule has 0 radical (unpaired) electrons. The van der Waals surface area contributed by atoms with Crippen molar-refractivity contribution in [2.24, 2.45) is 0 Å². The minimum absolute atomic E-state index is 0. The van der Waals surface area contributed by atoms with Crippen molar-refractivity contribution in [2.45, 2.75) is 77.3 Å². The van der Waals surface area contributed by atoms with Crippen LogP contribution in [0, 0.1) is 13.1 Å². The van der Waals surface area contributed by atoms with E-state index in [1.165, 1.54) is 35.1 Å². The summed E-state index contributed by atoms with van der Waals surface area (Å²) in [6, 6.07) is 26.6. The highest BCUT2D eigenvalue weighted by Crippen LogP contribution is 2.44. The molecule has 2 aromatic heterocycles. The zero-order valence-electron chi connectivity index (χ0n) is 29.1. The monoisotopic (exact) mass is 734 g/mol. The van der Waals surface area contributed by atoms with E-state index in [9.17, 15) is 4.79 Å². The Balaban J connectivity index is 0.000000169. The molecule has 0 saturated carbocycles. The van der Waals surface area contributed by atoms with Gasteiger partial charge in [0.1, 0.15) is 0 Å². The molecule has 6 aromatic rings. The second kappa shape index (κ2) is 18.1. The van der Waals surface area contributed by atoms with Crippen LogP contribution in [-0.2, 0) is 22.4 Å². The molecular formula is C44H46N8O3. The van der Waals surface area contributed by atoms with Crippen LogP contribution in [-0.4, -0.2) is 62.1 Å². The second-order valence-electron chi connectivity index (χ2n) is 13.7. The largest absolute Gasteiger partial charge is 0.373 e. The molecule has 0 spiro atoms. The fourth-order valence-electron chi connectivity index (χ4n) is 8.41. The van der Waals surface area contributed by atoms with Gasteiger partial charge in [0.2, 0.25) is 0 Å². The molecule has 11 heteroatoms. The van der Waals surface area contributed by atoms with E-state index in [1.807, 2.05) is 65.6 Å². The van der Waals surface area contributed by atoms with Gasteiger partial charge in [-0.3, -0.25) is 4.79 Å². The van der Waals surface area contributed by atoms with Crippen LogP contribution < -0.4 is 5.32 Å². The van der Waals surface area contributed by atoms with Crippen molar-refractivity contribution in [3.05, 3.63) is 142 Å². The van der Waals surface area contributed by atoms with E-state index in [1.54, 1.807) is 12.7 Å². The van der Waals surface area contributed by atoms with Crippen LogP contribution in [0.5, 0.6) is 0 Å². The molecule has 4 aromatic carbocycles. The fraction of sp³-hybridized carbons (Fsp3) is 0.318. The minimum atomic E-state index is 0. The summed E-state index contributed by atoms with van der Waals surface area (Å²) in [7, 11) is 0. The summed E-state index contributed by atoms with van der Waals surface area (Å²) in [5, 5.41) is 3.59. The molecule has 4 atom stereocenters. The van der Waals surface area contributed by atoms with Crippen LogP contribution in [0.15, 0.2) is 91.5 Å². The highest BCUT2D eigenvalue weighted by Gasteiger charge is 2.41. The van der Waals surface area contributed by atoms with Crippen molar-refractivity contribution >= 4 is 45.5 Å². The number of fused-ring (bicyclic) bond motifs is 8. The summed E-state index contributed by atoms with van der Waals surface area (Å²) >= 11 is 0. The summed E-state index contributed by atoms with van der Waals surface area (Å²) in [4.78, 5) is 53.0. The predicted octanol–water partition coefficient (Wildman–Crippen LogP) is 8.94. The number of para-hydroxylation sites is 2. The summed E-state index contributed by atoms with van der Waals surface area (Å²) < 4.78 is 0. The summed E-state index contributed by atoms with van der Waals surface area (Å²) in [5.41, 5.74) is 11.5. The number of likely N-dealkylation sites (tertiary alicyclic amines) is 1. The topological polar surface area (TPSA) is 133 Å². The van der Waals surface area contributed by atoms with Crippen LogP contribution >= 0.6 is 0 Å². The Kier molecular flexibility index (Phi) is 13.1. The van der Waals surface area contributed by atoms with E-state index in [0.29, 0.717) is 29.1 Å².